The number of likely N-dealkylation sites (tertiary alicyclic amines) is 1. The van der Waals surface area contributed by atoms with Crippen LogP contribution in [0.3, 0.4) is 0 Å². The summed E-state index contributed by atoms with van der Waals surface area (Å²) >= 11 is 0. The van der Waals surface area contributed by atoms with Gasteiger partial charge in [-0.05, 0) is 52.5 Å². The Morgan fingerprint density at radius 1 is 1.21 bits per heavy atom. The number of amides is 3. The minimum Gasteiger partial charge on any atom is -0.444 e. The molecule has 3 fully saturated rings. The Morgan fingerprint density at radius 3 is 2.68 bits per heavy atom. The average Bonchev–Trinajstić information content (AvgIpc) is 3.62. The van der Waals surface area contributed by atoms with Crippen molar-refractivity contribution in [3.8, 4) is 11.8 Å². The number of imide groups is 1. The molecule has 2 aromatic rings. The topological polar surface area (TPSA) is 103 Å². The second-order valence-corrected chi connectivity index (χ2v) is 11.1. The van der Waals surface area contributed by atoms with Gasteiger partial charge in [0.15, 0.2) is 0 Å². The van der Waals surface area contributed by atoms with E-state index in [0.717, 1.165) is 29.3 Å². The fourth-order valence-electron chi connectivity index (χ4n) is 4.96. The van der Waals surface area contributed by atoms with E-state index in [4.69, 9.17) is 14.6 Å². The van der Waals surface area contributed by atoms with Crippen molar-refractivity contribution in [2.24, 2.45) is 0 Å². The van der Waals surface area contributed by atoms with Crippen molar-refractivity contribution < 1.29 is 28.2 Å². The fourth-order valence-corrected chi connectivity index (χ4v) is 4.96. The number of para-hydroxylation sites is 1. The number of aromatic nitrogens is 2. The van der Waals surface area contributed by atoms with Crippen molar-refractivity contribution in [3.05, 3.63) is 29.5 Å². The van der Waals surface area contributed by atoms with Crippen molar-refractivity contribution in [2.75, 3.05) is 19.7 Å². The summed E-state index contributed by atoms with van der Waals surface area (Å²) in [5.41, 5.74) is 1.68. The monoisotopic (exact) mass is 524 g/mol. The highest BCUT2D eigenvalue weighted by molar-refractivity contribution is 6.03. The predicted molar refractivity (Wildman–Crippen MR) is 137 cm³/mol. The van der Waals surface area contributed by atoms with Crippen LogP contribution in [-0.2, 0) is 19.1 Å². The Bertz CT molecular complexity index is 1320. The average molecular weight is 525 g/mol. The van der Waals surface area contributed by atoms with Gasteiger partial charge in [0.1, 0.15) is 18.4 Å². The van der Waals surface area contributed by atoms with Gasteiger partial charge in [-0.3, -0.25) is 19.6 Å². The summed E-state index contributed by atoms with van der Waals surface area (Å²) in [6, 6.07) is 5.99. The van der Waals surface area contributed by atoms with E-state index in [9.17, 15) is 18.8 Å². The van der Waals surface area contributed by atoms with Gasteiger partial charge in [-0.15, -0.1) is 0 Å². The van der Waals surface area contributed by atoms with Crippen LogP contribution in [0.4, 0.5) is 9.18 Å². The first kappa shape index (κ1) is 26.2. The summed E-state index contributed by atoms with van der Waals surface area (Å²) in [4.78, 5) is 37.8. The Morgan fingerprint density at radius 2 is 2.00 bits per heavy atom. The van der Waals surface area contributed by atoms with E-state index in [0.29, 0.717) is 25.1 Å². The first-order valence-electron chi connectivity index (χ1n) is 13.2. The quantitative estimate of drug-likeness (QED) is 0.484. The van der Waals surface area contributed by atoms with Crippen LogP contribution >= 0.6 is 0 Å². The van der Waals surface area contributed by atoms with Crippen molar-refractivity contribution in [3.63, 3.8) is 0 Å². The molecule has 0 bridgehead atoms. The maximum Gasteiger partial charge on any atom is 0.410 e. The second kappa shape index (κ2) is 10.4. The number of rotatable bonds is 4. The number of carbonyl (C=O) groups is 3. The molecule has 9 nitrogen and oxygen atoms in total. The number of alkyl halides is 1. The Kier molecular flexibility index (Phi) is 7.14. The van der Waals surface area contributed by atoms with Crippen molar-refractivity contribution in [1.82, 2.24) is 20.0 Å². The van der Waals surface area contributed by atoms with Gasteiger partial charge in [0.05, 0.1) is 41.4 Å². The molecule has 3 atom stereocenters. The van der Waals surface area contributed by atoms with E-state index >= 15 is 0 Å². The van der Waals surface area contributed by atoms with Crippen LogP contribution in [0.2, 0.25) is 0 Å². The normalized spacial score (nSPS) is 24.1. The van der Waals surface area contributed by atoms with Crippen LogP contribution in [0, 0.1) is 11.8 Å². The molecular formula is C28H33FN4O5. The van der Waals surface area contributed by atoms with E-state index in [-0.39, 0.29) is 37.4 Å². The molecule has 0 radical (unpaired) electrons. The molecular weight excluding hydrogens is 491 g/mol. The highest BCUT2D eigenvalue weighted by Crippen LogP contribution is 2.40. The standard InChI is InChI=1S/C28H33FN4O5/c1-28(2,3)38-27(36)32-14-13-22(21(29)16-32)37-15-5-7-17-6-4-8-19-24(20-11-12-23(34)30-26(20)35)31-33(25(17)19)18-9-10-18/h4,6,8,18,20-22H,9-16H2,1-3H3,(H,30,34,35)/t20?,21-,22+/m1/s1. The number of nitrogens with zero attached hydrogens (tertiary/aromatic N) is 3. The number of piperidine rings is 2. The molecule has 1 aromatic carbocycles. The minimum absolute atomic E-state index is 0.0471. The molecule has 2 saturated heterocycles. The van der Waals surface area contributed by atoms with Crippen LogP contribution in [0.25, 0.3) is 10.9 Å². The Balaban J connectivity index is 1.27. The van der Waals surface area contributed by atoms with Crippen LogP contribution in [0.1, 0.15) is 76.1 Å². The maximum absolute atomic E-state index is 14.7. The first-order valence-corrected chi connectivity index (χ1v) is 13.2. The minimum atomic E-state index is -1.33. The van der Waals surface area contributed by atoms with Gasteiger partial charge >= 0.3 is 6.09 Å². The molecule has 0 spiro atoms. The van der Waals surface area contributed by atoms with E-state index in [1.54, 1.807) is 20.8 Å². The van der Waals surface area contributed by atoms with E-state index in [1.165, 1.54) is 4.90 Å². The molecule has 1 saturated carbocycles. The van der Waals surface area contributed by atoms with Crippen LogP contribution < -0.4 is 5.32 Å². The third-order valence-electron chi connectivity index (χ3n) is 6.94. The van der Waals surface area contributed by atoms with Gasteiger partial charge in [0, 0.05) is 18.4 Å². The molecule has 202 valence electrons. The van der Waals surface area contributed by atoms with Gasteiger partial charge in [0.25, 0.3) is 0 Å². The zero-order chi connectivity index (χ0) is 27.0. The maximum atomic E-state index is 14.7. The first-order chi connectivity index (χ1) is 18.1. The molecule has 1 aliphatic carbocycles. The molecule has 1 unspecified atom stereocenters. The molecule has 1 N–H and O–H groups in total. The summed E-state index contributed by atoms with van der Waals surface area (Å²) in [6.07, 6.45) is 0.618. The number of carbonyl (C=O) groups excluding carboxylic acids is 3. The smallest absolute Gasteiger partial charge is 0.410 e. The molecule has 1 aromatic heterocycles. The van der Waals surface area contributed by atoms with Gasteiger partial charge in [0.2, 0.25) is 11.8 Å². The summed E-state index contributed by atoms with van der Waals surface area (Å²) < 4.78 is 27.8. The number of hydrogen-bond acceptors (Lipinski definition) is 6. The number of ether oxygens (including phenoxy) is 2. The van der Waals surface area contributed by atoms with E-state index < -0.39 is 29.9 Å². The molecule has 3 aliphatic rings. The SMILES string of the molecule is CC(C)(C)OC(=O)N1CC[C@H](OCC#Cc2cccc3c(C4CCC(=O)NC4=O)nn(C4CC4)c23)[C@H](F)C1. The number of nitrogens with one attached hydrogen (secondary N) is 1. The number of fused-ring (bicyclic) bond motifs is 1. The van der Waals surface area contributed by atoms with E-state index in [1.807, 2.05) is 22.9 Å². The Labute approximate surface area is 221 Å². The molecule has 2 aliphatic heterocycles. The lowest BCUT2D eigenvalue weighted by atomic mass is 9.92. The largest absolute Gasteiger partial charge is 0.444 e. The molecule has 10 heteroatoms. The third-order valence-corrected chi connectivity index (χ3v) is 6.94. The van der Waals surface area contributed by atoms with Crippen LogP contribution in [-0.4, -0.2) is 70.2 Å². The van der Waals surface area contributed by atoms with Crippen molar-refractivity contribution >= 4 is 28.8 Å². The lowest BCUT2D eigenvalue weighted by Crippen LogP contribution is -2.49. The van der Waals surface area contributed by atoms with Crippen molar-refractivity contribution in [1.29, 1.82) is 0 Å². The number of benzene rings is 1. The third kappa shape index (κ3) is 5.68. The second-order valence-electron chi connectivity index (χ2n) is 11.1. The zero-order valence-corrected chi connectivity index (χ0v) is 22.0. The van der Waals surface area contributed by atoms with Gasteiger partial charge in [-0.2, -0.15) is 5.10 Å². The molecule has 5 rings (SSSR count). The predicted octanol–water partition coefficient (Wildman–Crippen LogP) is 3.61. The van der Waals surface area contributed by atoms with E-state index in [2.05, 4.69) is 17.2 Å². The zero-order valence-electron chi connectivity index (χ0n) is 22.0. The summed E-state index contributed by atoms with van der Waals surface area (Å²) in [5.74, 6) is 5.12. The molecule has 3 heterocycles. The van der Waals surface area contributed by atoms with Crippen LogP contribution in [0.15, 0.2) is 18.2 Å². The highest BCUT2D eigenvalue weighted by Gasteiger charge is 2.36. The summed E-state index contributed by atoms with van der Waals surface area (Å²) in [6.45, 7) is 5.67. The lowest BCUT2D eigenvalue weighted by molar-refractivity contribution is -0.134. The fraction of sp³-hybridized carbons (Fsp3) is 0.571. The van der Waals surface area contributed by atoms with Crippen LogP contribution in [0.5, 0.6) is 0 Å². The van der Waals surface area contributed by atoms with Crippen molar-refractivity contribution in [2.45, 2.75) is 82.7 Å². The lowest BCUT2D eigenvalue weighted by Gasteiger charge is -2.35. The molecule has 38 heavy (non-hydrogen) atoms. The highest BCUT2D eigenvalue weighted by atomic mass is 19.1. The molecule has 3 amide bonds. The number of halogens is 1. The summed E-state index contributed by atoms with van der Waals surface area (Å²) in [5, 5.41) is 8.10. The van der Waals surface area contributed by atoms with Gasteiger partial charge in [-0.25, -0.2) is 9.18 Å². The summed E-state index contributed by atoms with van der Waals surface area (Å²) in [7, 11) is 0. The van der Waals surface area contributed by atoms with Gasteiger partial charge < -0.3 is 14.4 Å². The Hall–Kier alpha value is -3.45. The van der Waals surface area contributed by atoms with Gasteiger partial charge in [-0.1, -0.05) is 24.0 Å². The number of hydrogen-bond donors (Lipinski definition) is 1.